The highest BCUT2D eigenvalue weighted by Crippen LogP contribution is 2.41. The molecule has 3 aromatic heterocycles. The monoisotopic (exact) mass is 704 g/mol. The molecule has 0 saturated heterocycles. The lowest BCUT2D eigenvalue weighted by atomic mass is 10.1. The minimum Gasteiger partial charge on any atom is -0.311 e. The second-order valence-electron chi connectivity index (χ2n) is 13.3. The van der Waals surface area contributed by atoms with E-state index in [1.807, 2.05) is 0 Å². The lowest BCUT2D eigenvalue weighted by molar-refractivity contribution is 1.17. The third-order valence-corrected chi connectivity index (χ3v) is 12.0. The lowest BCUT2D eigenvalue weighted by Gasteiger charge is -2.26. The maximum Gasteiger partial charge on any atom is 0.124 e. The Kier molecular flexibility index (Phi) is 7.27. The summed E-state index contributed by atoms with van der Waals surface area (Å²) in [6.45, 7) is 4.26. The van der Waals surface area contributed by atoms with E-state index in [0.29, 0.717) is 0 Å². The molecule has 3 heterocycles. The first kappa shape index (κ1) is 30.7. The lowest BCUT2D eigenvalue weighted by Crippen LogP contribution is -2.10. The number of anilines is 3. The van der Waals surface area contributed by atoms with Crippen LogP contribution in [0, 0.1) is 13.8 Å². The van der Waals surface area contributed by atoms with Crippen molar-refractivity contribution >= 4 is 82.0 Å². The Labute approximate surface area is 309 Å². The molecule has 7 aromatic carbocycles. The Morgan fingerprint density at radius 2 is 0.885 bits per heavy atom. The summed E-state index contributed by atoms with van der Waals surface area (Å²) in [6, 6.07) is 56.8. The zero-order valence-electron chi connectivity index (χ0n) is 28.6. The second kappa shape index (κ2) is 12.3. The van der Waals surface area contributed by atoms with E-state index in [1.54, 1.807) is 22.7 Å². The van der Waals surface area contributed by atoms with Crippen LogP contribution in [0.3, 0.4) is 0 Å². The Hall–Kier alpha value is -6.08. The molecule has 0 aliphatic heterocycles. The Morgan fingerprint density at radius 3 is 1.33 bits per heavy atom. The van der Waals surface area contributed by atoms with Gasteiger partial charge in [0.05, 0.1) is 31.5 Å². The van der Waals surface area contributed by atoms with Gasteiger partial charge in [0.1, 0.15) is 10.0 Å². The molecule has 0 bridgehead atoms. The van der Waals surface area contributed by atoms with Gasteiger partial charge in [-0.1, -0.05) is 59.7 Å². The van der Waals surface area contributed by atoms with Gasteiger partial charge in [-0.3, -0.25) is 0 Å². The number of nitrogens with zero attached hydrogens (tertiary/aromatic N) is 4. The van der Waals surface area contributed by atoms with Crippen LogP contribution in [0.4, 0.5) is 17.1 Å². The third kappa shape index (κ3) is 5.27. The molecule has 10 rings (SSSR count). The maximum atomic E-state index is 5.01. The van der Waals surface area contributed by atoms with E-state index >= 15 is 0 Å². The number of hydrogen-bond donors (Lipinski definition) is 0. The molecule has 0 amide bonds. The van der Waals surface area contributed by atoms with Crippen LogP contribution in [0.5, 0.6) is 0 Å². The van der Waals surface area contributed by atoms with E-state index in [-0.39, 0.29) is 0 Å². The van der Waals surface area contributed by atoms with Crippen molar-refractivity contribution in [3.8, 4) is 26.8 Å². The molecule has 0 aliphatic rings. The van der Waals surface area contributed by atoms with Gasteiger partial charge in [-0.2, -0.15) is 0 Å². The van der Waals surface area contributed by atoms with E-state index in [0.717, 1.165) is 66.0 Å². The first-order chi connectivity index (χ1) is 25.6. The smallest absolute Gasteiger partial charge is 0.124 e. The summed E-state index contributed by atoms with van der Waals surface area (Å²) in [5.41, 5.74) is 13.6. The van der Waals surface area contributed by atoms with Gasteiger partial charge in [-0.05, 0) is 123 Å². The first-order valence-corrected chi connectivity index (χ1v) is 19.0. The standard InChI is InChI=1S/C46H32N4S2/c1-29-11-17-33(18-12-29)49(34-19-13-30(2)14-20-34)35-21-23-36(24-22-35)50-41-25-15-31(45-47-39-7-3-5-9-43(39)51-45)27-37(41)38-28-32(16-26-42(38)50)46-48-40-8-4-6-10-44(40)52-46/h3-28H,1-2H3. The van der Waals surface area contributed by atoms with E-state index in [2.05, 4.69) is 181 Å². The molecule has 0 N–H and O–H groups in total. The zero-order valence-corrected chi connectivity index (χ0v) is 30.2. The summed E-state index contributed by atoms with van der Waals surface area (Å²) in [5.74, 6) is 0. The van der Waals surface area contributed by atoms with Gasteiger partial charge in [-0.25, -0.2) is 9.97 Å². The summed E-state index contributed by atoms with van der Waals surface area (Å²) in [7, 11) is 0. The zero-order chi connectivity index (χ0) is 34.8. The Balaban J connectivity index is 1.13. The van der Waals surface area contributed by atoms with Crippen LogP contribution in [0.1, 0.15) is 11.1 Å². The molecule has 4 nitrogen and oxygen atoms in total. The van der Waals surface area contributed by atoms with Crippen LogP contribution in [0.15, 0.2) is 158 Å². The molecule has 248 valence electrons. The fraction of sp³-hybridized carbons (Fsp3) is 0.0435. The molecular formula is C46H32N4S2. The Bertz CT molecular complexity index is 2670. The number of hydrogen-bond acceptors (Lipinski definition) is 5. The van der Waals surface area contributed by atoms with Gasteiger partial charge in [0.15, 0.2) is 0 Å². The molecule has 0 atom stereocenters. The molecule has 0 fully saturated rings. The molecule has 6 heteroatoms. The molecule has 0 radical (unpaired) electrons. The van der Waals surface area contributed by atoms with Gasteiger partial charge >= 0.3 is 0 Å². The van der Waals surface area contributed by atoms with Crippen molar-refractivity contribution in [2.24, 2.45) is 0 Å². The molecule has 10 aromatic rings. The predicted octanol–water partition coefficient (Wildman–Crippen LogP) is 13.4. The van der Waals surface area contributed by atoms with Crippen molar-refractivity contribution in [3.05, 3.63) is 169 Å². The average molecular weight is 705 g/mol. The van der Waals surface area contributed by atoms with Crippen LogP contribution in [-0.4, -0.2) is 14.5 Å². The summed E-state index contributed by atoms with van der Waals surface area (Å²) < 4.78 is 4.79. The fourth-order valence-corrected chi connectivity index (χ4v) is 9.07. The normalized spacial score (nSPS) is 11.7. The van der Waals surface area contributed by atoms with Crippen LogP contribution < -0.4 is 4.90 Å². The molecular weight excluding hydrogens is 673 g/mol. The largest absolute Gasteiger partial charge is 0.311 e. The minimum absolute atomic E-state index is 1.03. The number of para-hydroxylation sites is 2. The summed E-state index contributed by atoms with van der Waals surface area (Å²) in [5, 5.41) is 4.45. The summed E-state index contributed by atoms with van der Waals surface area (Å²) in [4.78, 5) is 12.3. The van der Waals surface area contributed by atoms with Crippen LogP contribution >= 0.6 is 22.7 Å². The van der Waals surface area contributed by atoms with Crippen molar-refractivity contribution < 1.29 is 0 Å². The topological polar surface area (TPSA) is 34.0 Å². The van der Waals surface area contributed by atoms with Crippen molar-refractivity contribution in [1.29, 1.82) is 0 Å². The SMILES string of the molecule is Cc1ccc(N(c2ccc(C)cc2)c2ccc(-n3c4ccc(-c5nc6ccccc6s5)cc4c4cc(-c5nc6ccccc6s5)ccc43)cc2)cc1. The van der Waals surface area contributed by atoms with Gasteiger partial charge < -0.3 is 9.47 Å². The highest BCUT2D eigenvalue weighted by Gasteiger charge is 2.18. The molecule has 0 unspecified atom stereocenters. The highest BCUT2D eigenvalue weighted by molar-refractivity contribution is 7.22. The Morgan fingerprint density at radius 1 is 0.462 bits per heavy atom. The number of aryl methyl sites for hydroxylation is 2. The van der Waals surface area contributed by atoms with Crippen molar-refractivity contribution in [2.75, 3.05) is 4.90 Å². The minimum atomic E-state index is 1.03. The number of thiazole rings is 2. The van der Waals surface area contributed by atoms with E-state index in [4.69, 9.17) is 9.97 Å². The van der Waals surface area contributed by atoms with Gasteiger partial charge in [0.25, 0.3) is 0 Å². The quantitative estimate of drug-likeness (QED) is 0.173. The van der Waals surface area contributed by atoms with Gasteiger partial charge in [-0.15, -0.1) is 22.7 Å². The fourth-order valence-electron chi connectivity index (χ4n) is 7.14. The van der Waals surface area contributed by atoms with Crippen molar-refractivity contribution in [3.63, 3.8) is 0 Å². The molecule has 0 saturated carbocycles. The third-order valence-electron chi connectivity index (χ3n) is 9.80. The summed E-state index contributed by atoms with van der Waals surface area (Å²) in [6.07, 6.45) is 0. The van der Waals surface area contributed by atoms with Gasteiger partial charge in [0, 0.05) is 44.6 Å². The predicted molar refractivity (Wildman–Crippen MR) is 222 cm³/mol. The van der Waals surface area contributed by atoms with Gasteiger partial charge in [0.2, 0.25) is 0 Å². The number of fused-ring (bicyclic) bond motifs is 5. The van der Waals surface area contributed by atoms with Crippen LogP contribution in [0.2, 0.25) is 0 Å². The summed E-state index contributed by atoms with van der Waals surface area (Å²) >= 11 is 3.48. The number of rotatable bonds is 6. The second-order valence-corrected chi connectivity index (χ2v) is 15.4. The van der Waals surface area contributed by atoms with Crippen molar-refractivity contribution in [1.82, 2.24) is 14.5 Å². The highest BCUT2D eigenvalue weighted by atomic mass is 32.1. The van der Waals surface area contributed by atoms with E-state index < -0.39 is 0 Å². The number of benzene rings is 7. The van der Waals surface area contributed by atoms with E-state index in [1.165, 1.54) is 31.3 Å². The van der Waals surface area contributed by atoms with Crippen LogP contribution in [-0.2, 0) is 0 Å². The molecule has 0 aliphatic carbocycles. The number of aromatic nitrogens is 3. The van der Waals surface area contributed by atoms with E-state index in [9.17, 15) is 0 Å². The van der Waals surface area contributed by atoms with Crippen LogP contribution in [0.25, 0.3) is 69.1 Å². The molecule has 52 heavy (non-hydrogen) atoms. The average Bonchev–Trinajstić information content (AvgIpc) is 3.90. The maximum absolute atomic E-state index is 5.01. The first-order valence-electron chi connectivity index (χ1n) is 17.4. The van der Waals surface area contributed by atoms with Crippen molar-refractivity contribution in [2.45, 2.75) is 13.8 Å². The molecule has 0 spiro atoms.